The number of rotatable bonds is 3. The fourth-order valence-electron chi connectivity index (χ4n) is 3.60. The number of allylic oxidation sites excluding steroid dienone is 4. The second kappa shape index (κ2) is 5.58. The molecule has 102 valence electrons. The van der Waals surface area contributed by atoms with Gasteiger partial charge in [0, 0.05) is 5.41 Å². The third kappa shape index (κ3) is 2.28. The van der Waals surface area contributed by atoms with Crippen LogP contribution in [0.3, 0.4) is 0 Å². The molecular weight excluding hydrogens is 224 g/mol. The number of hydrogen-bond acceptors (Lipinski definition) is 2. The quantitative estimate of drug-likeness (QED) is 0.756. The van der Waals surface area contributed by atoms with Crippen molar-refractivity contribution in [3.63, 3.8) is 0 Å². The Bertz CT molecular complexity index is 334. The highest BCUT2D eigenvalue weighted by Gasteiger charge is 2.46. The van der Waals surface area contributed by atoms with Crippen molar-refractivity contribution in [2.45, 2.75) is 45.6 Å². The molecule has 2 N–H and O–H groups in total. The summed E-state index contributed by atoms with van der Waals surface area (Å²) in [5, 5.41) is 20.7. The molecule has 0 aromatic carbocycles. The van der Waals surface area contributed by atoms with Gasteiger partial charge < -0.3 is 10.2 Å². The van der Waals surface area contributed by atoms with Crippen molar-refractivity contribution >= 4 is 0 Å². The molecule has 0 heterocycles. The molecule has 0 spiro atoms. The lowest BCUT2D eigenvalue weighted by Gasteiger charge is -2.47. The van der Waals surface area contributed by atoms with Gasteiger partial charge in [-0.3, -0.25) is 0 Å². The minimum atomic E-state index is -0.401. The number of hydrogen-bond donors (Lipinski definition) is 2. The van der Waals surface area contributed by atoms with Crippen molar-refractivity contribution in [3.8, 4) is 0 Å². The monoisotopic (exact) mass is 250 g/mol. The molecule has 2 nitrogen and oxygen atoms in total. The zero-order valence-electron chi connectivity index (χ0n) is 11.5. The highest BCUT2D eigenvalue weighted by molar-refractivity contribution is 5.07. The minimum Gasteiger partial charge on any atom is -0.396 e. The van der Waals surface area contributed by atoms with Gasteiger partial charge >= 0.3 is 0 Å². The van der Waals surface area contributed by atoms with E-state index in [1.165, 1.54) is 0 Å². The maximum absolute atomic E-state index is 10.9. The third-order valence-corrected chi connectivity index (χ3v) is 5.24. The predicted molar refractivity (Wildman–Crippen MR) is 74.1 cm³/mol. The molecule has 0 radical (unpaired) electrons. The van der Waals surface area contributed by atoms with Gasteiger partial charge in [0.05, 0.1) is 12.7 Å². The number of aliphatic hydroxyl groups is 2. The maximum atomic E-state index is 10.9. The van der Waals surface area contributed by atoms with Gasteiger partial charge in [-0.05, 0) is 43.4 Å². The first-order valence-corrected chi connectivity index (χ1v) is 7.20. The third-order valence-electron chi connectivity index (χ3n) is 5.24. The van der Waals surface area contributed by atoms with Crippen LogP contribution in [0.1, 0.15) is 39.5 Å². The summed E-state index contributed by atoms with van der Waals surface area (Å²) < 4.78 is 0. The Balaban J connectivity index is 2.21. The van der Waals surface area contributed by atoms with Gasteiger partial charge in [0.15, 0.2) is 0 Å². The molecule has 0 aromatic heterocycles. The van der Waals surface area contributed by atoms with E-state index in [0.717, 1.165) is 25.7 Å². The molecule has 0 aromatic rings. The molecule has 18 heavy (non-hydrogen) atoms. The fourth-order valence-corrected chi connectivity index (χ4v) is 3.60. The summed E-state index contributed by atoms with van der Waals surface area (Å²) in [6.45, 7) is 4.46. The predicted octanol–water partition coefficient (Wildman–Crippen LogP) is 2.91. The molecule has 0 saturated heterocycles. The molecule has 0 fully saturated rings. The van der Waals surface area contributed by atoms with E-state index in [1.54, 1.807) is 0 Å². The van der Waals surface area contributed by atoms with Gasteiger partial charge in [0.1, 0.15) is 0 Å². The highest BCUT2D eigenvalue weighted by atomic mass is 16.3. The standard InChI is InChI=1S/C16H26O2/c1-12-7-3-4-9-14(12)15(18)16(11-17)10-6-5-8-13(16)2/h3-6,12-15,17-18H,7-11H2,1-2H3/t12-,13-,14-,15-,16-/m0/s1. The lowest BCUT2D eigenvalue weighted by molar-refractivity contribution is -0.0948. The van der Waals surface area contributed by atoms with E-state index in [9.17, 15) is 10.2 Å². The lowest BCUT2D eigenvalue weighted by atomic mass is 9.61. The molecule has 2 rings (SSSR count). The Labute approximate surface area is 110 Å². The first-order valence-electron chi connectivity index (χ1n) is 7.20. The molecular formula is C16H26O2. The fraction of sp³-hybridized carbons (Fsp3) is 0.750. The molecule has 2 aliphatic carbocycles. The molecule has 0 amide bonds. The lowest BCUT2D eigenvalue weighted by Crippen LogP contribution is -2.50. The number of aliphatic hydroxyl groups excluding tert-OH is 2. The van der Waals surface area contributed by atoms with E-state index in [0.29, 0.717) is 11.8 Å². The van der Waals surface area contributed by atoms with Gasteiger partial charge in [0.25, 0.3) is 0 Å². The van der Waals surface area contributed by atoms with Crippen LogP contribution in [0.4, 0.5) is 0 Å². The van der Waals surface area contributed by atoms with Crippen LogP contribution in [0, 0.1) is 23.2 Å². The largest absolute Gasteiger partial charge is 0.396 e. The van der Waals surface area contributed by atoms with Crippen LogP contribution in [0.15, 0.2) is 24.3 Å². The van der Waals surface area contributed by atoms with Crippen molar-refractivity contribution in [1.29, 1.82) is 0 Å². The summed E-state index contributed by atoms with van der Waals surface area (Å²) >= 11 is 0. The van der Waals surface area contributed by atoms with Crippen molar-refractivity contribution in [1.82, 2.24) is 0 Å². The normalized spacial score (nSPS) is 41.9. The Kier molecular flexibility index (Phi) is 4.29. The Hall–Kier alpha value is -0.600. The summed E-state index contributed by atoms with van der Waals surface area (Å²) in [5.41, 5.74) is -0.334. The Morgan fingerprint density at radius 1 is 1.11 bits per heavy atom. The summed E-state index contributed by atoms with van der Waals surface area (Å²) in [7, 11) is 0. The molecule has 0 aliphatic heterocycles. The first kappa shape index (κ1) is 13.8. The summed E-state index contributed by atoms with van der Waals surface area (Å²) in [6, 6.07) is 0. The molecule has 0 unspecified atom stereocenters. The van der Waals surface area contributed by atoms with Crippen LogP contribution in [0.2, 0.25) is 0 Å². The first-order chi connectivity index (χ1) is 8.62. The summed E-state index contributed by atoms with van der Waals surface area (Å²) in [6.07, 6.45) is 12.1. The van der Waals surface area contributed by atoms with Crippen molar-refractivity contribution in [2.24, 2.45) is 23.2 Å². The van der Waals surface area contributed by atoms with Crippen LogP contribution < -0.4 is 0 Å². The maximum Gasteiger partial charge on any atom is 0.0657 e. The van der Waals surface area contributed by atoms with Gasteiger partial charge in [0.2, 0.25) is 0 Å². The van der Waals surface area contributed by atoms with Crippen LogP contribution in [-0.2, 0) is 0 Å². The van der Waals surface area contributed by atoms with Crippen LogP contribution in [-0.4, -0.2) is 22.9 Å². The Morgan fingerprint density at radius 3 is 2.39 bits per heavy atom. The van der Waals surface area contributed by atoms with E-state index in [-0.39, 0.29) is 17.9 Å². The second-order valence-corrected chi connectivity index (χ2v) is 6.23. The van der Waals surface area contributed by atoms with Crippen LogP contribution in [0.5, 0.6) is 0 Å². The van der Waals surface area contributed by atoms with E-state index < -0.39 is 6.10 Å². The molecule has 2 heteroatoms. The highest BCUT2D eigenvalue weighted by Crippen LogP contribution is 2.46. The average molecular weight is 250 g/mol. The van der Waals surface area contributed by atoms with Crippen LogP contribution >= 0.6 is 0 Å². The van der Waals surface area contributed by atoms with Gasteiger partial charge in [-0.15, -0.1) is 0 Å². The van der Waals surface area contributed by atoms with Gasteiger partial charge in [-0.1, -0.05) is 38.2 Å². The van der Waals surface area contributed by atoms with Crippen molar-refractivity contribution in [2.75, 3.05) is 6.61 Å². The zero-order valence-corrected chi connectivity index (χ0v) is 11.5. The average Bonchev–Trinajstić information content (AvgIpc) is 2.39. The zero-order chi connectivity index (χ0) is 13.2. The summed E-state index contributed by atoms with van der Waals surface area (Å²) in [5.74, 6) is 1.14. The minimum absolute atomic E-state index is 0.0899. The van der Waals surface area contributed by atoms with E-state index >= 15 is 0 Å². The van der Waals surface area contributed by atoms with Crippen molar-refractivity contribution < 1.29 is 10.2 Å². The smallest absolute Gasteiger partial charge is 0.0657 e. The SMILES string of the molecule is C[C@H]1CC=CC[C@@H]1[C@H](O)[C@]1(CO)CC=CC[C@@H]1C. The summed E-state index contributed by atoms with van der Waals surface area (Å²) in [4.78, 5) is 0. The van der Waals surface area contributed by atoms with E-state index in [2.05, 4.69) is 38.2 Å². The van der Waals surface area contributed by atoms with Gasteiger partial charge in [-0.2, -0.15) is 0 Å². The molecule has 2 aliphatic rings. The topological polar surface area (TPSA) is 40.5 Å². The van der Waals surface area contributed by atoms with Crippen LogP contribution in [0.25, 0.3) is 0 Å². The van der Waals surface area contributed by atoms with E-state index in [4.69, 9.17) is 0 Å². The molecule has 5 atom stereocenters. The molecule has 0 saturated carbocycles. The molecule has 0 bridgehead atoms. The Morgan fingerprint density at radius 2 is 1.78 bits per heavy atom. The van der Waals surface area contributed by atoms with E-state index in [1.807, 2.05) is 0 Å². The second-order valence-electron chi connectivity index (χ2n) is 6.23. The van der Waals surface area contributed by atoms with Crippen molar-refractivity contribution in [3.05, 3.63) is 24.3 Å². The van der Waals surface area contributed by atoms with Gasteiger partial charge in [-0.25, -0.2) is 0 Å².